The predicted molar refractivity (Wildman–Crippen MR) is 139 cm³/mol. The lowest BCUT2D eigenvalue weighted by molar-refractivity contribution is -0.146. The van der Waals surface area contributed by atoms with Crippen LogP contribution in [0.25, 0.3) is 32.6 Å². The number of fused-ring (bicyclic) bond motifs is 1. The van der Waals surface area contributed by atoms with Gasteiger partial charge in [-0.2, -0.15) is 0 Å². The molecule has 36 heavy (non-hydrogen) atoms. The number of aliphatic carboxylic acids is 1. The van der Waals surface area contributed by atoms with Gasteiger partial charge in [0.25, 0.3) is 0 Å². The Kier molecular flexibility index (Phi) is 6.00. The van der Waals surface area contributed by atoms with Crippen molar-refractivity contribution in [3.05, 3.63) is 48.9 Å². The highest BCUT2D eigenvalue weighted by Gasteiger charge is 2.41. The number of nitrogens with zero attached hydrogens (tertiary/aromatic N) is 6. The van der Waals surface area contributed by atoms with Crippen LogP contribution in [0.5, 0.6) is 0 Å². The van der Waals surface area contributed by atoms with Gasteiger partial charge in [-0.25, -0.2) is 19.7 Å². The molecule has 1 aliphatic rings. The van der Waals surface area contributed by atoms with Gasteiger partial charge < -0.3 is 15.7 Å². The second-order valence-electron chi connectivity index (χ2n) is 8.98. The van der Waals surface area contributed by atoms with Crippen LogP contribution in [0.2, 0.25) is 0 Å². The van der Waals surface area contributed by atoms with Gasteiger partial charge in [0.1, 0.15) is 0 Å². The van der Waals surface area contributed by atoms with E-state index in [9.17, 15) is 14.7 Å². The molecule has 10 nitrogen and oxygen atoms in total. The standard InChI is InChI=1S/C25H25N7O3S/c1-3-32(22(26)35)24-30-19-11-15(10-17(20(19)36-24)18-6-4-5-8-27-18)16-12-28-23(29-13-16)31-9-7-25(2,14-31)21(33)34/h4-6,8,10-13H,3,7,9,14H2,1-2H3,(H2,26,35)(H,33,34). The summed E-state index contributed by atoms with van der Waals surface area (Å²) in [6.45, 7) is 4.96. The van der Waals surface area contributed by atoms with Crippen molar-refractivity contribution in [2.45, 2.75) is 20.3 Å². The molecule has 4 aromatic rings. The third kappa shape index (κ3) is 4.22. The maximum absolute atomic E-state index is 11.9. The minimum absolute atomic E-state index is 0.368. The molecular weight excluding hydrogens is 478 g/mol. The first-order valence-electron chi connectivity index (χ1n) is 11.5. The number of amides is 2. The van der Waals surface area contributed by atoms with Gasteiger partial charge in [0.15, 0.2) is 5.13 Å². The molecule has 4 heterocycles. The predicted octanol–water partition coefficient (Wildman–Crippen LogP) is 4.02. The molecule has 1 saturated heterocycles. The molecule has 1 fully saturated rings. The minimum Gasteiger partial charge on any atom is -0.481 e. The van der Waals surface area contributed by atoms with Crippen LogP contribution in [-0.4, -0.2) is 56.7 Å². The Morgan fingerprint density at radius 3 is 2.58 bits per heavy atom. The normalized spacial score (nSPS) is 17.4. The number of carboxylic acids is 1. The topological polar surface area (TPSA) is 138 Å². The van der Waals surface area contributed by atoms with E-state index in [4.69, 9.17) is 10.7 Å². The average Bonchev–Trinajstić information content (AvgIpc) is 3.49. The number of hydrogen-bond acceptors (Lipinski definition) is 8. The Morgan fingerprint density at radius 2 is 1.97 bits per heavy atom. The number of primary amides is 1. The fraction of sp³-hybridized carbons (Fsp3) is 0.280. The van der Waals surface area contributed by atoms with Crippen LogP contribution in [0.15, 0.2) is 48.9 Å². The molecular formula is C25H25N7O3S. The van der Waals surface area contributed by atoms with Gasteiger partial charge >= 0.3 is 12.0 Å². The van der Waals surface area contributed by atoms with Gasteiger partial charge in [-0.05, 0) is 50.1 Å². The zero-order valence-electron chi connectivity index (χ0n) is 19.9. The number of thiazole rings is 1. The highest BCUT2D eigenvalue weighted by molar-refractivity contribution is 7.23. The molecule has 0 saturated carbocycles. The molecule has 1 aromatic carbocycles. The third-order valence-corrected chi connectivity index (χ3v) is 7.60. The van der Waals surface area contributed by atoms with Crippen LogP contribution < -0.4 is 15.5 Å². The van der Waals surface area contributed by atoms with Crippen molar-refractivity contribution in [1.29, 1.82) is 0 Å². The number of benzene rings is 1. The van der Waals surface area contributed by atoms with Gasteiger partial charge in [0, 0.05) is 49.4 Å². The van der Waals surface area contributed by atoms with Crippen molar-refractivity contribution in [3.63, 3.8) is 0 Å². The first-order valence-corrected chi connectivity index (χ1v) is 12.3. The van der Waals surface area contributed by atoms with E-state index < -0.39 is 17.4 Å². The number of rotatable bonds is 6. The molecule has 2 amide bonds. The molecule has 0 aliphatic carbocycles. The van der Waals surface area contributed by atoms with Crippen LogP contribution in [-0.2, 0) is 4.79 Å². The SMILES string of the molecule is CCN(C(N)=O)c1nc2cc(-c3cnc(N4CCC(C)(C(=O)O)C4)nc3)cc(-c3ccccn3)c2s1. The Bertz CT molecular complexity index is 1440. The zero-order chi connectivity index (χ0) is 25.4. The number of urea groups is 1. The Balaban J connectivity index is 1.55. The fourth-order valence-electron chi connectivity index (χ4n) is 4.34. The first-order chi connectivity index (χ1) is 17.3. The fourth-order valence-corrected chi connectivity index (χ4v) is 5.48. The highest BCUT2D eigenvalue weighted by Crippen LogP contribution is 2.39. The van der Waals surface area contributed by atoms with Crippen molar-refractivity contribution in [2.75, 3.05) is 29.4 Å². The summed E-state index contributed by atoms with van der Waals surface area (Å²) >= 11 is 1.39. The third-order valence-electron chi connectivity index (χ3n) is 6.48. The molecule has 0 bridgehead atoms. The lowest BCUT2D eigenvalue weighted by Crippen LogP contribution is -2.35. The summed E-state index contributed by atoms with van der Waals surface area (Å²) in [5.41, 5.74) is 8.78. The number of aromatic nitrogens is 4. The molecule has 3 aromatic heterocycles. The van der Waals surface area contributed by atoms with Gasteiger partial charge in [0.2, 0.25) is 5.95 Å². The Labute approximate surface area is 211 Å². The quantitative estimate of drug-likeness (QED) is 0.402. The number of nitrogens with two attached hydrogens (primary N) is 1. The summed E-state index contributed by atoms with van der Waals surface area (Å²) in [5, 5.41) is 10.0. The molecule has 3 N–H and O–H groups in total. The summed E-state index contributed by atoms with van der Waals surface area (Å²) in [5.74, 6) is -0.302. The Hall–Kier alpha value is -4.12. The number of hydrogen-bond donors (Lipinski definition) is 2. The van der Waals surface area contributed by atoms with Gasteiger partial charge in [0.05, 0.1) is 21.3 Å². The second-order valence-corrected chi connectivity index (χ2v) is 9.95. The van der Waals surface area contributed by atoms with Crippen molar-refractivity contribution in [1.82, 2.24) is 19.9 Å². The lowest BCUT2D eigenvalue weighted by Gasteiger charge is -2.20. The van der Waals surface area contributed by atoms with E-state index in [-0.39, 0.29) is 0 Å². The molecule has 11 heteroatoms. The van der Waals surface area contributed by atoms with Crippen LogP contribution >= 0.6 is 11.3 Å². The summed E-state index contributed by atoms with van der Waals surface area (Å²) in [6, 6.07) is 9.10. The summed E-state index contributed by atoms with van der Waals surface area (Å²) < 4.78 is 0.898. The van der Waals surface area contributed by atoms with Crippen molar-refractivity contribution < 1.29 is 14.7 Å². The van der Waals surface area contributed by atoms with E-state index in [1.807, 2.05) is 42.2 Å². The van der Waals surface area contributed by atoms with Crippen molar-refractivity contribution >= 4 is 44.6 Å². The van der Waals surface area contributed by atoms with E-state index in [1.165, 1.54) is 16.2 Å². The van der Waals surface area contributed by atoms with Gasteiger partial charge in [-0.15, -0.1) is 0 Å². The van der Waals surface area contributed by atoms with Crippen LogP contribution in [0, 0.1) is 5.41 Å². The molecule has 1 unspecified atom stereocenters. The maximum atomic E-state index is 11.9. The molecule has 184 valence electrons. The molecule has 1 aliphatic heterocycles. The number of pyridine rings is 1. The van der Waals surface area contributed by atoms with Crippen LogP contribution in [0.1, 0.15) is 20.3 Å². The number of carbonyl (C=O) groups excluding carboxylic acids is 1. The summed E-state index contributed by atoms with van der Waals surface area (Å²) in [4.78, 5) is 45.1. The lowest BCUT2D eigenvalue weighted by atomic mass is 9.90. The maximum Gasteiger partial charge on any atom is 0.321 e. The van der Waals surface area contributed by atoms with E-state index in [1.54, 1.807) is 25.5 Å². The van der Waals surface area contributed by atoms with E-state index in [0.717, 1.165) is 27.1 Å². The number of anilines is 2. The number of carboxylic acid groups (broad SMARTS) is 1. The van der Waals surface area contributed by atoms with Gasteiger partial charge in [-0.1, -0.05) is 17.4 Å². The second kappa shape index (κ2) is 9.15. The summed E-state index contributed by atoms with van der Waals surface area (Å²) in [6.07, 6.45) is 5.74. The van der Waals surface area contributed by atoms with E-state index in [2.05, 4.69) is 15.0 Å². The van der Waals surface area contributed by atoms with Crippen LogP contribution in [0.3, 0.4) is 0 Å². The summed E-state index contributed by atoms with van der Waals surface area (Å²) in [7, 11) is 0. The van der Waals surface area contributed by atoms with Crippen LogP contribution in [0.4, 0.5) is 15.9 Å². The zero-order valence-corrected chi connectivity index (χ0v) is 20.7. The molecule has 0 radical (unpaired) electrons. The highest BCUT2D eigenvalue weighted by atomic mass is 32.1. The average molecular weight is 504 g/mol. The number of carbonyl (C=O) groups is 2. The van der Waals surface area contributed by atoms with Gasteiger partial charge in [-0.3, -0.25) is 14.7 Å². The first kappa shape index (κ1) is 23.6. The van der Waals surface area contributed by atoms with Crippen molar-refractivity contribution in [2.24, 2.45) is 11.1 Å². The van der Waals surface area contributed by atoms with E-state index in [0.29, 0.717) is 42.7 Å². The monoisotopic (exact) mass is 503 g/mol. The van der Waals surface area contributed by atoms with E-state index >= 15 is 0 Å². The largest absolute Gasteiger partial charge is 0.481 e. The molecule has 1 atom stereocenters. The Morgan fingerprint density at radius 1 is 1.19 bits per heavy atom. The minimum atomic E-state index is -0.808. The molecule has 5 rings (SSSR count). The van der Waals surface area contributed by atoms with Crippen molar-refractivity contribution in [3.8, 4) is 22.4 Å². The smallest absolute Gasteiger partial charge is 0.321 e. The molecule has 0 spiro atoms.